The zero-order valence-corrected chi connectivity index (χ0v) is 8.18. The lowest BCUT2D eigenvalue weighted by atomic mass is 10.0. The summed E-state index contributed by atoms with van der Waals surface area (Å²) in [5, 5.41) is 0. The third-order valence-electron chi connectivity index (χ3n) is 1.95. The van der Waals surface area contributed by atoms with E-state index in [4.69, 9.17) is 11.6 Å². The van der Waals surface area contributed by atoms with Crippen molar-refractivity contribution >= 4 is 17.9 Å². The summed E-state index contributed by atoms with van der Waals surface area (Å²) in [6.07, 6.45) is -1.20. The molecule has 0 radical (unpaired) electrons. The summed E-state index contributed by atoms with van der Waals surface area (Å²) >= 11 is 5.52. The van der Waals surface area contributed by atoms with Crippen LogP contribution in [0.15, 0.2) is 6.20 Å². The molecule has 0 aliphatic rings. The highest BCUT2D eigenvalue weighted by Gasteiger charge is 2.19. The van der Waals surface area contributed by atoms with Crippen LogP contribution in [-0.4, -0.2) is 11.3 Å². The smallest absolute Gasteiger partial charge is 0.264 e. The fourth-order valence-electron chi connectivity index (χ4n) is 1.20. The highest BCUT2D eigenvalue weighted by atomic mass is 35.5. The van der Waals surface area contributed by atoms with E-state index in [1.807, 2.05) is 0 Å². The van der Waals surface area contributed by atoms with Crippen LogP contribution in [0.2, 0.25) is 0 Å². The van der Waals surface area contributed by atoms with Gasteiger partial charge in [0, 0.05) is 28.9 Å². The van der Waals surface area contributed by atoms with E-state index in [1.54, 1.807) is 6.92 Å². The van der Waals surface area contributed by atoms with Gasteiger partial charge in [-0.3, -0.25) is 9.78 Å². The minimum Gasteiger partial charge on any atom is -0.298 e. The van der Waals surface area contributed by atoms with Gasteiger partial charge < -0.3 is 0 Å². The quantitative estimate of drug-likeness (QED) is 0.578. The second-order valence-electron chi connectivity index (χ2n) is 2.74. The number of aromatic nitrogens is 1. The van der Waals surface area contributed by atoms with Gasteiger partial charge in [-0.25, -0.2) is 8.78 Å². The summed E-state index contributed by atoms with van der Waals surface area (Å²) in [5.41, 5.74) is 0.274. The average molecular weight is 220 g/mol. The third-order valence-corrected chi connectivity index (χ3v) is 2.22. The van der Waals surface area contributed by atoms with Crippen molar-refractivity contribution in [2.24, 2.45) is 0 Å². The van der Waals surface area contributed by atoms with Crippen LogP contribution in [0.1, 0.15) is 33.6 Å². The maximum atomic E-state index is 12.6. The average Bonchev–Trinajstić information content (AvgIpc) is 2.17. The van der Waals surface area contributed by atoms with E-state index < -0.39 is 6.43 Å². The topological polar surface area (TPSA) is 30.0 Å². The fraction of sp³-hybridized carbons (Fsp3) is 0.333. The first kappa shape index (κ1) is 11.0. The standard InChI is InChI=1S/C9H8ClF2NO/c1-5-7(2-10)8(9(11)12)6(4-14)3-13-5/h3-4,9H,2H2,1H3. The Morgan fingerprint density at radius 1 is 1.64 bits per heavy atom. The van der Waals surface area contributed by atoms with Crippen molar-refractivity contribution in [2.45, 2.75) is 19.2 Å². The Balaban J connectivity index is 3.43. The van der Waals surface area contributed by atoms with Gasteiger partial charge in [0.05, 0.1) is 0 Å². The number of hydrogen-bond donors (Lipinski definition) is 0. The monoisotopic (exact) mass is 219 g/mol. The van der Waals surface area contributed by atoms with Gasteiger partial charge in [-0.15, -0.1) is 11.6 Å². The van der Waals surface area contributed by atoms with E-state index >= 15 is 0 Å². The van der Waals surface area contributed by atoms with Crippen molar-refractivity contribution in [2.75, 3.05) is 0 Å². The predicted octanol–water partition coefficient (Wildman–Crippen LogP) is 2.88. The van der Waals surface area contributed by atoms with Gasteiger partial charge in [-0.1, -0.05) is 0 Å². The molecule has 0 fully saturated rings. The molecule has 0 N–H and O–H groups in total. The molecule has 0 amide bonds. The van der Waals surface area contributed by atoms with Gasteiger partial charge in [0.2, 0.25) is 0 Å². The number of carbonyl (C=O) groups is 1. The van der Waals surface area contributed by atoms with Crippen LogP contribution < -0.4 is 0 Å². The Morgan fingerprint density at radius 3 is 2.71 bits per heavy atom. The molecule has 1 rings (SSSR count). The molecule has 0 atom stereocenters. The van der Waals surface area contributed by atoms with E-state index in [9.17, 15) is 13.6 Å². The molecule has 1 heterocycles. The molecule has 1 aromatic heterocycles. The zero-order valence-electron chi connectivity index (χ0n) is 7.43. The molecular weight excluding hydrogens is 212 g/mol. The number of nitrogens with zero attached hydrogens (tertiary/aromatic N) is 1. The summed E-state index contributed by atoms with van der Waals surface area (Å²) in [6, 6.07) is 0. The Labute approximate surface area is 84.9 Å². The lowest BCUT2D eigenvalue weighted by molar-refractivity contribution is 0.110. The number of halogens is 3. The third kappa shape index (κ3) is 1.90. The van der Waals surface area contributed by atoms with Crippen molar-refractivity contribution in [1.82, 2.24) is 4.98 Å². The fourth-order valence-corrected chi connectivity index (χ4v) is 1.54. The largest absolute Gasteiger partial charge is 0.298 e. The van der Waals surface area contributed by atoms with Crippen LogP contribution >= 0.6 is 11.6 Å². The minimum atomic E-state index is -2.70. The molecule has 14 heavy (non-hydrogen) atoms. The Hall–Kier alpha value is -1.03. The van der Waals surface area contributed by atoms with Crippen molar-refractivity contribution in [3.05, 3.63) is 28.6 Å². The van der Waals surface area contributed by atoms with Gasteiger partial charge in [0.25, 0.3) is 6.43 Å². The van der Waals surface area contributed by atoms with Crippen LogP contribution in [0, 0.1) is 6.92 Å². The molecule has 0 aromatic carbocycles. The molecule has 1 aromatic rings. The van der Waals surface area contributed by atoms with E-state index in [0.717, 1.165) is 6.20 Å². The number of pyridine rings is 1. The minimum absolute atomic E-state index is 0.0693. The molecule has 2 nitrogen and oxygen atoms in total. The molecule has 0 spiro atoms. The number of alkyl halides is 3. The molecule has 0 saturated heterocycles. The normalized spacial score (nSPS) is 10.6. The van der Waals surface area contributed by atoms with Gasteiger partial charge in [0.1, 0.15) is 0 Å². The van der Waals surface area contributed by atoms with Crippen LogP contribution in [0.5, 0.6) is 0 Å². The van der Waals surface area contributed by atoms with Gasteiger partial charge in [0.15, 0.2) is 6.29 Å². The first-order chi connectivity index (χ1) is 6.61. The first-order valence-corrected chi connectivity index (χ1v) is 4.43. The predicted molar refractivity (Wildman–Crippen MR) is 48.9 cm³/mol. The van der Waals surface area contributed by atoms with E-state index in [-0.39, 0.29) is 22.6 Å². The van der Waals surface area contributed by atoms with Gasteiger partial charge in [-0.05, 0) is 12.5 Å². The second-order valence-corrected chi connectivity index (χ2v) is 3.01. The van der Waals surface area contributed by atoms with Crippen LogP contribution in [-0.2, 0) is 5.88 Å². The van der Waals surface area contributed by atoms with Crippen molar-refractivity contribution in [1.29, 1.82) is 0 Å². The summed E-state index contributed by atoms with van der Waals surface area (Å²) in [4.78, 5) is 14.3. The molecule has 0 aliphatic heterocycles. The molecule has 5 heteroatoms. The number of aryl methyl sites for hydroxylation is 1. The van der Waals surface area contributed by atoms with Gasteiger partial charge in [-0.2, -0.15) is 0 Å². The molecular formula is C9H8ClF2NO. The zero-order chi connectivity index (χ0) is 10.7. The lowest BCUT2D eigenvalue weighted by Crippen LogP contribution is -2.03. The van der Waals surface area contributed by atoms with Crippen molar-refractivity contribution in [3.63, 3.8) is 0 Å². The first-order valence-electron chi connectivity index (χ1n) is 3.89. The highest BCUT2D eigenvalue weighted by Crippen LogP contribution is 2.28. The molecule has 0 aliphatic carbocycles. The lowest BCUT2D eigenvalue weighted by Gasteiger charge is -2.10. The maximum absolute atomic E-state index is 12.6. The maximum Gasteiger partial charge on any atom is 0.264 e. The summed E-state index contributed by atoms with van der Waals surface area (Å²) in [7, 11) is 0. The van der Waals surface area contributed by atoms with Crippen LogP contribution in [0.25, 0.3) is 0 Å². The number of carbonyl (C=O) groups excluding carboxylic acids is 1. The van der Waals surface area contributed by atoms with E-state index in [2.05, 4.69) is 4.98 Å². The second kappa shape index (κ2) is 4.46. The van der Waals surface area contributed by atoms with Crippen molar-refractivity contribution in [3.8, 4) is 0 Å². The SMILES string of the molecule is Cc1ncc(C=O)c(C(F)F)c1CCl. The Kier molecular flexibility index (Phi) is 3.52. The van der Waals surface area contributed by atoms with E-state index in [1.165, 1.54) is 0 Å². The number of hydrogen-bond acceptors (Lipinski definition) is 2. The summed E-state index contributed by atoms with van der Waals surface area (Å²) in [5.74, 6) is -0.0693. The summed E-state index contributed by atoms with van der Waals surface area (Å²) < 4.78 is 25.2. The summed E-state index contributed by atoms with van der Waals surface area (Å²) in [6.45, 7) is 1.58. The van der Waals surface area contributed by atoms with Crippen LogP contribution in [0.3, 0.4) is 0 Å². The highest BCUT2D eigenvalue weighted by molar-refractivity contribution is 6.17. The molecule has 0 bridgehead atoms. The number of aldehydes is 1. The molecule has 0 saturated carbocycles. The molecule has 76 valence electrons. The molecule has 0 unspecified atom stereocenters. The number of rotatable bonds is 3. The Bertz CT molecular complexity index is 355. The van der Waals surface area contributed by atoms with E-state index in [0.29, 0.717) is 12.0 Å². The van der Waals surface area contributed by atoms with Crippen molar-refractivity contribution < 1.29 is 13.6 Å². The Morgan fingerprint density at radius 2 is 2.29 bits per heavy atom. The van der Waals surface area contributed by atoms with Gasteiger partial charge >= 0.3 is 0 Å². The van der Waals surface area contributed by atoms with Crippen LogP contribution in [0.4, 0.5) is 8.78 Å².